The van der Waals surface area contributed by atoms with Crippen molar-refractivity contribution in [1.82, 2.24) is 0 Å². The highest BCUT2D eigenvalue weighted by atomic mass is 79.9. The van der Waals surface area contributed by atoms with Crippen LogP contribution in [0.3, 0.4) is 0 Å². The molecule has 20 heavy (non-hydrogen) atoms. The van der Waals surface area contributed by atoms with E-state index in [1.54, 1.807) is 0 Å². The molecule has 3 rings (SSSR count). The van der Waals surface area contributed by atoms with Gasteiger partial charge in [0.15, 0.2) is 0 Å². The Balaban J connectivity index is 1.84. The molecule has 3 heteroatoms. The van der Waals surface area contributed by atoms with Gasteiger partial charge in [-0.1, -0.05) is 28.1 Å². The Hall–Kier alpha value is -1.48. The van der Waals surface area contributed by atoms with Crippen LogP contribution in [0.5, 0.6) is 11.5 Å². The summed E-state index contributed by atoms with van der Waals surface area (Å²) in [4.78, 5) is 0. The van der Waals surface area contributed by atoms with Crippen LogP contribution in [0.1, 0.15) is 22.3 Å². The van der Waals surface area contributed by atoms with Gasteiger partial charge in [0.2, 0.25) is 0 Å². The molecule has 0 spiro atoms. The summed E-state index contributed by atoms with van der Waals surface area (Å²) < 4.78 is 12.8. The Bertz CT molecular complexity index is 650. The highest BCUT2D eigenvalue weighted by Crippen LogP contribution is 2.34. The van der Waals surface area contributed by atoms with E-state index in [2.05, 4.69) is 60.1 Å². The van der Waals surface area contributed by atoms with Gasteiger partial charge >= 0.3 is 0 Å². The normalized spacial score (nSPS) is 12.9. The molecule has 2 aromatic rings. The van der Waals surface area contributed by atoms with Gasteiger partial charge in [-0.2, -0.15) is 0 Å². The van der Waals surface area contributed by atoms with E-state index in [9.17, 15) is 0 Å². The fourth-order valence-electron chi connectivity index (χ4n) is 2.47. The number of ether oxygens (including phenoxy) is 2. The summed E-state index contributed by atoms with van der Waals surface area (Å²) in [6, 6.07) is 10.5. The van der Waals surface area contributed by atoms with E-state index < -0.39 is 0 Å². The predicted molar refractivity (Wildman–Crippen MR) is 83.6 cm³/mol. The van der Waals surface area contributed by atoms with Crippen LogP contribution < -0.4 is 9.47 Å². The van der Waals surface area contributed by atoms with Crippen LogP contribution in [-0.2, 0) is 13.0 Å². The minimum Gasteiger partial charge on any atom is -0.493 e. The van der Waals surface area contributed by atoms with Crippen molar-refractivity contribution in [1.29, 1.82) is 0 Å². The Labute approximate surface area is 127 Å². The first kappa shape index (κ1) is 13.5. The monoisotopic (exact) mass is 332 g/mol. The third-order valence-corrected chi connectivity index (χ3v) is 4.01. The molecule has 0 aromatic heterocycles. The highest BCUT2D eigenvalue weighted by molar-refractivity contribution is 9.10. The van der Waals surface area contributed by atoms with Crippen molar-refractivity contribution in [3.63, 3.8) is 0 Å². The molecule has 0 unspecified atom stereocenters. The van der Waals surface area contributed by atoms with Gasteiger partial charge in [-0.15, -0.1) is 0 Å². The summed E-state index contributed by atoms with van der Waals surface area (Å²) in [7, 11) is 0. The third kappa shape index (κ3) is 2.68. The van der Waals surface area contributed by atoms with Crippen molar-refractivity contribution < 1.29 is 9.47 Å². The Morgan fingerprint density at radius 2 is 2.05 bits per heavy atom. The van der Waals surface area contributed by atoms with Gasteiger partial charge in [0, 0.05) is 16.5 Å². The number of benzene rings is 2. The van der Waals surface area contributed by atoms with Crippen molar-refractivity contribution in [3.8, 4) is 11.5 Å². The van der Waals surface area contributed by atoms with E-state index in [1.807, 2.05) is 0 Å². The first-order valence-corrected chi connectivity index (χ1v) is 7.57. The Morgan fingerprint density at radius 3 is 2.90 bits per heavy atom. The van der Waals surface area contributed by atoms with Crippen LogP contribution in [-0.4, -0.2) is 6.61 Å². The van der Waals surface area contributed by atoms with Crippen molar-refractivity contribution in [2.45, 2.75) is 26.9 Å². The second-order valence-electron chi connectivity index (χ2n) is 5.21. The van der Waals surface area contributed by atoms with Crippen LogP contribution in [0.4, 0.5) is 0 Å². The highest BCUT2D eigenvalue weighted by Gasteiger charge is 2.18. The van der Waals surface area contributed by atoms with E-state index in [0.717, 1.165) is 40.1 Å². The predicted octanol–water partition coefficient (Wildman–Crippen LogP) is 4.58. The van der Waals surface area contributed by atoms with Crippen LogP contribution in [0.15, 0.2) is 34.8 Å². The summed E-state index contributed by atoms with van der Waals surface area (Å²) in [6.07, 6.45) is 0.977. The van der Waals surface area contributed by atoms with Crippen molar-refractivity contribution in [2.75, 3.05) is 6.61 Å². The van der Waals surface area contributed by atoms with Gasteiger partial charge in [0.1, 0.15) is 18.1 Å². The van der Waals surface area contributed by atoms with E-state index in [0.29, 0.717) is 6.61 Å². The van der Waals surface area contributed by atoms with Gasteiger partial charge in [0.05, 0.1) is 6.61 Å². The van der Waals surface area contributed by atoms with Gasteiger partial charge in [-0.3, -0.25) is 0 Å². The van der Waals surface area contributed by atoms with Crippen molar-refractivity contribution in [3.05, 3.63) is 57.1 Å². The fourth-order valence-corrected chi connectivity index (χ4v) is 3.02. The number of halogens is 1. The molecule has 0 saturated carbocycles. The molecular formula is C17H17BrO2. The van der Waals surface area contributed by atoms with Crippen LogP contribution in [0, 0.1) is 13.8 Å². The zero-order valence-corrected chi connectivity index (χ0v) is 13.3. The third-order valence-electron chi connectivity index (χ3n) is 3.55. The van der Waals surface area contributed by atoms with Crippen LogP contribution in [0.25, 0.3) is 0 Å². The van der Waals surface area contributed by atoms with Crippen molar-refractivity contribution in [2.24, 2.45) is 0 Å². The summed E-state index contributed by atoms with van der Waals surface area (Å²) in [6.45, 7) is 5.44. The van der Waals surface area contributed by atoms with E-state index in [1.165, 1.54) is 11.1 Å². The molecule has 2 aromatic carbocycles. The first-order chi connectivity index (χ1) is 9.63. The number of fused-ring (bicyclic) bond motifs is 1. The molecule has 0 atom stereocenters. The lowest BCUT2D eigenvalue weighted by Gasteiger charge is -2.13. The Morgan fingerprint density at radius 1 is 1.20 bits per heavy atom. The summed E-state index contributed by atoms with van der Waals surface area (Å²) in [5.41, 5.74) is 4.73. The molecule has 0 aliphatic carbocycles. The van der Waals surface area contributed by atoms with Gasteiger partial charge in [0.25, 0.3) is 0 Å². The largest absolute Gasteiger partial charge is 0.493 e. The average Bonchev–Trinajstić information content (AvgIpc) is 2.87. The molecule has 0 N–H and O–H groups in total. The molecule has 0 radical (unpaired) electrons. The topological polar surface area (TPSA) is 18.5 Å². The maximum atomic E-state index is 5.98. The number of aryl methyl sites for hydroxylation is 2. The summed E-state index contributed by atoms with van der Waals surface area (Å²) in [5, 5.41) is 0. The molecular weight excluding hydrogens is 316 g/mol. The lowest BCUT2D eigenvalue weighted by molar-refractivity contribution is 0.290. The number of rotatable bonds is 3. The SMILES string of the molecule is Cc1ccc(C)c(OCc2cc(Br)cc3c2OCC3)c1. The summed E-state index contributed by atoms with van der Waals surface area (Å²) in [5.74, 6) is 1.94. The smallest absolute Gasteiger partial charge is 0.129 e. The second-order valence-corrected chi connectivity index (χ2v) is 6.12. The maximum Gasteiger partial charge on any atom is 0.129 e. The fraction of sp³-hybridized carbons (Fsp3) is 0.294. The van der Waals surface area contributed by atoms with Crippen LogP contribution >= 0.6 is 15.9 Å². The maximum absolute atomic E-state index is 5.98. The molecule has 2 nitrogen and oxygen atoms in total. The zero-order chi connectivity index (χ0) is 14.1. The van der Waals surface area contributed by atoms with E-state index >= 15 is 0 Å². The van der Waals surface area contributed by atoms with E-state index in [-0.39, 0.29) is 0 Å². The second kappa shape index (κ2) is 5.49. The van der Waals surface area contributed by atoms with Gasteiger partial charge in [-0.25, -0.2) is 0 Å². The molecule has 0 fully saturated rings. The molecule has 0 saturated heterocycles. The molecule has 0 bridgehead atoms. The van der Waals surface area contributed by atoms with Crippen LogP contribution in [0.2, 0.25) is 0 Å². The number of hydrogen-bond donors (Lipinski definition) is 0. The lowest BCUT2D eigenvalue weighted by Crippen LogP contribution is -2.00. The Kier molecular flexibility index (Phi) is 3.70. The van der Waals surface area contributed by atoms with Gasteiger partial charge in [-0.05, 0) is 48.7 Å². The van der Waals surface area contributed by atoms with Gasteiger partial charge < -0.3 is 9.47 Å². The number of hydrogen-bond acceptors (Lipinski definition) is 2. The molecule has 1 aliphatic heterocycles. The van der Waals surface area contributed by atoms with E-state index in [4.69, 9.17) is 9.47 Å². The molecule has 104 valence electrons. The first-order valence-electron chi connectivity index (χ1n) is 6.77. The zero-order valence-electron chi connectivity index (χ0n) is 11.7. The molecule has 0 amide bonds. The minimum atomic E-state index is 0.534. The molecule has 1 heterocycles. The average molecular weight is 333 g/mol. The lowest BCUT2D eigenvalue weighted by atomic mass is 10.1. The quantitative estimate of drug-likeness (QED) is 0.819. The summed E-state index contributed by atoms with van der Waals surface area (Å²) >= 11 is 3.56. The standard InChI is InChI=1S/C17H17BrO2/c1-11-3-4-12(2)16(7-11)20-10-14-9-15(18)8-13-5-6-19-17(13)14/h3-4,7-9H,5-6,10H2,1-2H3. The minimum absolute atomic E-state index is 0.534. The molecule has 1 aliphatic rings. The van der Waals surface area contributed by atoms with Crippen molar-refractivity contribution >= 4 is 15.9 Å².